The molecule has 0 saturated carbocycles. The largest absolute Gasteiger partial charge is 0.369 e. The van der Waals surface area contributed by atoms with Gasteiger partial charge in [0.15, 0.2) is 5.65 Å². The molecule has 2 heterocycles. The molecule has 0 radical (unpaired) electrons. The molecule has 0 amide bonds. The summed E-state index contributed by atoms with van der Waals surface area (Å²) in [6, 6.07) is 0. The second-order valence-electron chi connectivity index (χ2n) is 3.54. The van der Waals surface area contributed by atoms with Gasteiger partial charge in [0.1, 0.15) is 4.70 Å². The minimum atomic E-state index is -0.379. The van der Waals surface area contributed by atoms with E-state index >= 15 is 0 Å². The van der Waals surface area contributed by atoms with Gasteiger partial charge < -0.3 is 5.73 Å². The molecule has 0 aromatic carbocycles. The Morgan fingerprint density at radius 1 is 1.44 bits per heavy atom. The van der Waals surface area contributed by atoms with Gasteiger partial charge in [-0.05, 0) is 6.92 Å². The van der Waals surface area contributed by atoms with E-state index in [9.17, 15) is 9.59 Å². The van der Waals surface area contributed by atoms with Crippen molar-refractivity contribution in [1.82, 2.24) is 14.5 Å². The van der Waals surface area contributed by atoms with Crippen LogP contribution in [0.3, 0.4) is 0 Å². The van der Waals surface area contributed by atoms with Gasteiger partial charge in [0.05, 0.1) is 0 Å². The zero-order valence-corrected chi connectivity index (χ0v) is 10.5. The van der Waals surface area contributed by atoms with Gasteiger partial charge in [-0.3, -0.25) is 19.1 Å². The quantitative estimate of drug-likeness (QED) is 0.804. The van der Waals surface area contributed by atoms with E-state index in [1.54, 1.807) is 0 Å². The monoisotopic (exact) mass is 264 g/mol. The Bertz CT molecular complexity index is 736. The highest BCUT2D eigenvalue weighted by atomic mass is 32.1. The predicted octanol–water partition coefficient (Wildman–Crippen LogP) is 0.861. The van der Waals surface area contributed by atoms with Gasteiger partial charge in [-0.25, -0.2) is 0 Å². The number of aromatic nitrogens is 3. The number of hydrogen-bond donors (Lipinski definition) is 2. The van der Waals surface area contributed by atoms with Gasteiger partial charge >= 0.3 is 4.87 Å². The molecule has 94 valence electrons. The molecule has 0 spiro atoms. The molecule has 2 aromatic heterocycles. The van der Waals surface area contributed by atoms with Gasteiger partial charge in [-0.1, -0.05) is 35.6 Å². The molecule has 0 aliphatic carbocycles. The van der Waals surface area contributed by atoms with Gasteiger partial charge in [-0.15, -0.1) is 0 Å². The fourth-order valence-corrected chi connectivity index (χ4v) is 2.32. The first-order valence-corrected chi connectivity index (χ1v) is 6.12. The Morgan fingerprint density at radius 3 is 2.94 bits per heavy atom. The zero-order valence-electron chi connectivity index (χ0n) is 9.71. The molecular formula is C11H12N4O2S. The number of fused-ring (bicyclic) bond motifs is 1. The maximum Gasteiger partial charge on any atom is 0.309 e. The molecule has 0 bridgehead atoms. The Morgan fingerprint density at radius 2 is 2.22 bits per heavy atom. The lowest BCUT2D eigenvalue weighted by Crippen LogP contribution is -2.14. The summed E-state index contributed by atoms with van der Waals surface area (Å²) >= 11 is 0.872. The lowest BCUT2D eigenvalue weighted by atomic mass is 10.4. The molecule has 2 rings (SSSR count). The van der Waals surface area contributed by atoms with E-state index in [4.69, 9.17) is 5.73 Å². The van der Waals surface area contributed by atoms with Crippen molar-refractivity contribution in [2.24, 2.45) is 0 Å². The summed E-state index contributed by atoms with van der Waals surface area (Å²) in [5, 5.41) is 0. The van der Waals surface area contributed by atoms with Crippen LogP contribution in [0.5, 0.6) is 0 Å². The van der Waals surface area contributed by atoms with Crippen molar-refractivity contribution < 1.29 is 0 Å². The van der Waals surface area contributed by atoms with Crippen molar-refractivity contribution in [1.29, 1.82) is 0 Å². The highest BCUT2D eigenvalue weighted by Crippen LogP contribution is 2.10. The number of nitrogens with zero attached hydrogens (tertiary/aromatic N) is 2. The number of anilines is 1. The summed E-state index contributed by atoms with van der Waals surface area (Å²) in [6.45, 7) is 2.26. The molecule has 0 aliphatic rings. The second kappa shape index (κ2) is 5.01. The maximum atomic E-state index is 11.8. The molecule has 0 fully saturated rings. The van der Waals surface area contributed by atoms with Crippen molar-refractivity contribution in [2.45, 2.75) is 13.5 Å². The van der Waals surface area contributed by atoms with Crippen molar-refractivity contribution in [3.05, 3.63) is 44.3 Å². The summed E-state index contributed by atoms with van der Waals surface area (Å²) in [6.07, 6.45) is 7.37. The van der Waals surface area contributed by atoms with E-state index in [0.717, 1.165) is 11.3 Å². The standard InChI is InChI=1S/C11H12N4O2S/c1-2-3-4-5-6-15-8-7(18-11(15)17)9(16)14-10(12)13-8/h2-5H,6H2,1H3,(H3,12,13,14,16). The van der Waals surface area contributed by atoms with E-state index in [0.29, 0.717) is 16.9 Å². The van der Waals surface area contributed by atoms with Crippen LogP contribution in [0.25, 0.3) is 10.3 Å². The molecule has 0 unspecified atom stereocenters. The smallest absolute Gasteiger partial charge is 0.309 e. The molecule has 6 nitrogen and oxygen atoms in total. The first-order chi connectivity index (χ1) is 8.63. The van der Waals surface area contributed by atoms with Crippen LogP contribution in [-0.2, 0) is 6.54 Å². The number of H-pyrrole nitrogens is 1. The molecule has 7 heteroatoms. The summed E-state index contributed by atoms with van der Waals surface area (Å²) in [5.41, 5.74) is 5.42. The third-order valence-electron chi connectivity index (χ3n) is 2.27. The molecule has 2 aromatic rings. The van der Waals surface area contributed by atoms with E-state index in [1.807, 2.05) is 31.2 Å². The van der Waals surface area contributed by atoms with E-state index in [-0.39, 0.29) is 16.4 Å². The normalized spacial score (nSPS) is 12.1. The summed E-state index contributed by atoms with van der Waals surface area (Å²) in [5.74, 6) is 0.0106. The highest BCUT2D eigenvalue weighted by molar-refractivity contribution is 7.16. The van der Waals surface area contributed by atoms with Gasteiger partial charge in [0.25, 0.3) is 5.56 Å². The summed E-state index contributed by atoms with van der Waals surface area (Å²) < 4.78 is 1.72. The Kier molecular flexibility index (Phi) is 3.42. The number of hydrogen-bond acceptors (Lipinski definition) is 5. The third kappa shape index (κ3) is 2.25. The molecule has 3 N–H and O–H groups in total. The minimum Gasteiger partial charge on any atom is -0.369 e. The van der Waals surface area contributed by atoms with Crippen molar-refractivity contribution in [2.75, 3.05) is 5.73 Å². The molecule has 0 saturated heterocycles. The first kappa shape index (κ1) is 12.3. The van der Waals surface area contributed by atoms with Gasteiger partial charge in [0.2, 0.25) is 5.95 Å². The van der Waals surface area contributed by atoms with Crippen molar-refractivity contribution in [3.8, 4) is 0 Å². The molecule has 0 aliphatic heterocycles. The van der Waals surface area contributed by atoms with Crippen LogP contribution < -0.4 is 16.2 Å². The van der Waals surface area contributed by atoms with Gasteiger partial charge in [0, 0.05) is 6.54 Å². The van der Waals surface area contributed by atoms with Crippen LogP contribution >= 0.6 is 11.3 Å². The van der Waals surface area contributed by atoms with Crippen molar-refractivity contribution in [3.63, 3.8) is 0 Å². The molecule has 0 atom stereocenters. The Hall–Kier alpha value is -2.15. The fraction of sp³-hybridized carbons (Fsp3) is 0.182. The Balaban J connectivity index is 2.53. The number of aromatic amines is 1. The number of nitrogen functional groups attached to an aromatic ring is 1. The van der Waals surface area contributed by atoms with Crippen molar-refractivity contribution >= 4 is 27.6 Å². The zero-order chi connectivity index (χ0) is 13.1. The SMILES string of the molecule is CC=CC=CCn1c(=O)sc2c(=O)[nH]c(N)nc21. The number of thiazole rings is 1. The number of nitrogens with two attached hydrogens (primary N) is 1. The van der Waals surface area contributed by atoms with Crippen LogP contribution in [-0.4, -0.2) is 14.5 Å². The molecule has 18 heavy (non-hydrogen) atoms. The lowest BCUT2D eigenvalue weighted by Gasteiger charge is -1.98. The third-order valence-corrected chi connectivity index (χ3v) is 3.24. The summed E-state index contributed by atoms with van der Waals surface area (Å²) in [7, 11) is 0. The fourth-order valence-electron chi connectivity index (χ4n) is 1.49. The van der Waals surface area contributed by atoms with Crippen LogP contribution in [0.2, 0.25) is 0 Å². The topological polar surface area (TPSA) is 93.8 Å². The van der Waals surface area contributed by atoms with E-state index in [2.05, 4.69) is 9.97 Å². The maximum absolute atomic E-state index is 11.8. The van der Waals surface area contributed by atoms with Crippen LogP contribution in [0.15, 0.2) is 33.9 Å². The lowest BCUT2D eigenvalue weighted by molar-refractivity contribution is 0.826. The highest BCUT2D eigenvalue weighted by Gasteiger charge is 2.11. The second-order valence-corrected chi connectivity index (χ2v) is 4.50. The molecular weight excluding hydrogens is 252 g/mol. The number of rotatable bonds is 3. The summed E-state index contributed by atoms with van der Waals surface area (Å²) in [4.78, 5) is 29.5. The van der Waals surface area contributed by atoms with E-state index in [1.165, 1.54) is 4.57 Å². The average molecular weight is 264 g/mol. The van der Waals surface area contributed by atoms with Gasteiger partial charge in [-0.2, -0.15) is 4.98 Å². The van der Waals surface area contributed by atoms with Crippen LogP contribution in [0.4, 0.5) is 5.95 Å². The van der Waals surface area contributed by atoms with E-state index < -0.39 is 0 Å². The number of allylic oxidation sites excluding steroid dienone is 4. The van der Waals surface area contributed by atoms with Crippen LogP contribution in [0, 0.1) is 0 Å². The van der Waals surface area contributed by atoms with Crippen LogP contribution in [0.1, 0.15) is 6.92 Å². The Labute approximate surface area is 106 Å². The first-order valence-electron chi connectivity index (χ1n) is 5.30. The average Bonchev–Trinajstić information content (AvgIpc) is 2.62. The minimum absolute atomic E-state index is 0.0106. The predicted molar refractivity (Wildman–Crippen MR) is 72.9 cm³/mol. The number of nitrogens with one attached hydrogen (secondary N) is 1.